The highest BCUT2D eigenvalue weighted by molar-refractivity contribution is 7.80. The van der Waals surface area contributed by atoms with E-state index in [4.69, 9.17) is 0 Å². The molecule has 0 unspecified atom stereocenters. The van der Waals surface area contributed by atoms with Crippen molar-refractivity contribution in [3.8, 4) is 0 Å². The molecule has 66 valence electrons. The fraction of sp³-hybridized carbons (Fsp3) is 0.444. The van der Waals surface area contributed by atoms with Crippen molar-refractivity contribution in [2.24, 2.45) is 0 Å². The summed E-state index contributed by atoms with van der Waals surface area (Å²) in [4.78, 5) is 4.42. The van der Waals surface area contributed by atoms with Gasteiger partial charge in [-0.2, -0.15) is 12.6 Å². The molecule has 1 aromatic heterocycles. The molecule has 0 fully saturated rings. The van der Waals surface area contributed by atoms with E-state index in [1.54, 1.807) is 11.3 Å². The molecule has 0 amide bonds. The Labute approximate surface area is 82.3 Å². The third-order valence-corrected chi connectivity index (χ3v) is 2.63. The smallest absolute Gasteiger partial charge is 0.0907 e. The zero-order valence-corrected chi connectivity index (χ0v) is 9.08. The second-order valence-corrected chi connectivity index (χ2v) is 4.08. The lowest BCUT2D eigenvalue weighted by molar-refractivity contribution is 1.19. The standard InChI is InChI=1S/C9H13NS2/c1-3-4-8-9(5-6-11)12-7(2)10-8/h4-5,11H,3,6H2,1-2H3/b8-4+,9-5+. The van der Waals surface area contributed by atoms with Gasteiger partial charge in [0.2, 0.25) is 0 Å². The van der Waals surface area contributed by atoms with Crippen LogP contribution in [-0.4, -0.2) is 10.7 Å². The van der Waals surface area contributed by atoms with Crippen molar-refractivity contribution in [3.05, 3.63) is 14.9 Å². The average molecular weight is 199 g/mol. The Bertz CT molecular complexity index is 318. The van der Waals surface area contributed by atoms with E-state index < -0.39 is 0 Å². The first-order valence-corrected chi connectivity index (χ1v) is 5.47. The first kappa shape index (κ1) is 9.81. The van der Waals surface area contributed by atoms with E-state index in [-0.39, 0.29) is 0 Å². The third-order valence-electron chi connectivity index (χ3n) is 1.46. The lowest BCUT2D eigenvalue weighted by Crippen LogP contribution is -2.20. The predicted molar refractivity (Wildman–Crippen MR) is 59.2 cm³/mol. The number of aryl methyl sites for hydroxylation is 1. The number of hydrogen-bond donors (Lipinski definition) is 1. The first-order valence-electron chi connectivity index (χ1n) is 4.02. The van der Waals surface area contributed by atoms with Crippen LogP contribution < -0.4 is 9.88 Å². The molecule has 0 N–H and O–H groups in total. The number of thiol groups is 1. The fourth-order valence-corrected chi connectivity index (χ4v) is 2.20. The topological polar surface area (TPSA) is 12.9 Å². The number of rotatable bonds is 2. The molecule has 0 aromatic carbocycles. The number of hydrogen-bond acceptors (Lipinski definition) is 3. The maximum absolute atomic E-state index is 4.42. The van der Waals surface area contributed by atoms with Crippen molar-refractivity contribution in [1.29, 1.82) is 0 Å². The highest BCUT2D eigenvalue weighted by Crippen LogP contribution is 1.91. The molecule has 0 aliphatic heterocycles. The lowest BCUT2D eigenvalue weighted by atomic mass is 10.4. The van der Waals surface area contributed by atoms with E-state index in [0.29, 0.717) is 0 Å². The second-order valence-electron chi connectivity index (χ2n) is 2.48. The minimum absolute atomic E-state index is 0.784. The summed E-state index contributed by atoms with van der Waals surface area (Å²) in [6.45, 7) is 4.16. The Morgan fingerprint density at radius 1 is 1.50 bits per heavy atom. The van der Waals surface area contributed by atoms with Crippen LogP contribution in [0.1, 0.15) is 18.4 Å². The summed E-state index contributed by atoms with van der Waals surface area (Å²) in [5.41, 5.74) is 0. The molecule has 3 heteroatoms. The van der Waals surface area contributed by atoms with E-state index in [2.05, 4.69) is 36.7 Å². The van der Waals surface area contributed by atoms with Crippen molar-refractivity contribution < 1.29 is 0 Å². The first-order chi connectivity index (χ1) is 5.77. The van der Waals surface area contributed by atoms with Gasteiger partial charge in [-0.1, -0.05) is 19.1 Å². The van der Waals surface area contributed by atoms with Gasteiger partial charge in [-0.3, -0.25) is 0 Å². The van der Waals surface area contributed by atoms with Gasteiger partial charge in [0, 0.05) is 5.75 Å². The van der Waals surface area contributed by atoms with Crippen molar-refractivity contribution in [2.45, 2.75) is 20.3 Å². The molecule has 1 heterocycles. The molecule has 0 aliphatic carbocycles. The van der Waals surface area contributed by atoms with Crippen LogP contribution in [0.4, 0.5) is 0 Å². The van der Waals surface area contributed by atoms with Gasteiger partial charge < -0.3 is 0 Å². The molecular formula is C9H13NS2. The zero-order valence-electron chi connectivity index (χ0n) is 7.37. The third kappa shape index (κ3) is 2.35. The van der Waals surface area contributed by atoms with Crippen LogP contribution >= 0.6 is 24.0 Å². The molecule has 1 rings (SSSR count). The van der Waals surface area contributed by atoms with E-state index in [1.807, 2.05) is 6.92 Å². The normalized spacial score (nSPS) is 14.2. The van der Waals surface area contributed by atoms with Crippen LogP contribution in [0.3, 0.4) is 0 Å². The Hall–Kier alpha value is -0.280. The molecule has 1 nitrogen and oxygen atoms in total. The number of nitrogens with zero attached hydrogens (tertiary/aromatic N) is 1. The van der Waals surface area contributed by atoms with Crippen LogP contribution in [-0.2, 0) is 0 Å². The van der Waals surface area contributed by atoms with E-state index in [9.17, 15) is 0 Å². The molecule has 0 saturated carbocycles. The van der Waals surface area contributed by atoms with Crippen molar-refractivity contribution in [2.75, 3.05) is 5.75 Å². The van der Waals surface area contributed by atoms with Crippen molar-refractivity contribution >= 4 is 36.1 Å². The monoisotopic (exact) mass is 199 g/mol. The van der Waals surface area contributed by atoms with E-state index >= 15 is 0 Å². The van der Waals surface area contributed by atoms with Crippen LogP contribution in [0.25, 0.3) is 12.2 Å². The summed E-state index contributed by atoms with van der Waals surface area (Å²) in [6.07, 6.45) is 5.30. The molecule has 0 bridgehead atoms. The molecule has 1 aromatic rings. The lowest BCUT2D eigenvalue weighted by Gasteiger charge is -1.77. The quantitative estimate of drug-likeness (QED) is 0.710. The van der Waals surface area contributed by atoms with Gasteiger partial charge in [-0.25, -0.2) is 4.98 Å². The van der Waals surface area contributed by atoms with Crippen LogP contribution in [0.2, 0.25) is 0 Å². The summed E-state index contributed by atoms with van der Waals surface area (Å²) in [5, 5.41) is 2.25. The van der Waals surface area contributed by atoms with Crippen LogP contribution in [0.5, 0.6) is 0 Å². The second kappa shape index (κ2) is 4.67. The van der Waals surface area contributed by atoms with Crippen LogP contribution in [0.15, 0.2) is 0 Å². The molecule has 0 atom stereocenters. The summed E-state index contributed by atoms with van der Waals surface area (Å²) in [5.74, 6) is 0.784. The summed E-state index contributed by atoms with van der Waals surface area (Å²) < 4.78 is 1.25. The van der Waals surface area contributed by atoms with Gasteiger partial charge in [-0.05, 0) is 13.3 Å². The fourth-order valence-electron chi connectivity index (χ4n) is 1.03. The minimum atomic E-state index is 0.784. The largest absolute Gasteiger partial charge is 0.242 e. The Morgan fingerprint density at radius 3 is 2.83 bits per heavy atom. The SMILES string of the molecule is CC/C=c1/nc(C)s/c1=C/CS. The Kier molecular flexibility index (Phi) is 3.82. The average Bonchev–Trinajstić information content (AvgIpc) is 2.33. The Balaban J connectivity index is 3.27. The molecule has 0 saturated heterocycles. The molecule has 0 spiro atoms. The predicted octanol–water partition coefficient (Wildman–Crippen LogP) is 1.35. The summed E-state index contributed by atoms with van der Waals surface area (Å²) in [6, 6.07) is 0. The molecule has 12 heavy (non-hydrogen) atoms. The van der Waals surface area contributed by atoms with Crippen molar-refractivity contribution in [3.63, 3.8) is 0 Å². The maximum Gasteiger partial charge on any atom is 0.0907 e. The number of thiazole rings is 1. The van der Waals surface area contributed by atoms with Gasteiger partial charge in [-0.15, -0.1) is 11.3 Å². The molecule has 0 radical (unpaired) electrons. The molecular weight excluding hydrogens is 186 g/mol. The molecule has 0 aliphatic rings. The maximum atomic E-state index is 4.42. The van der Waals surface area contributed by atoms with Gasteiger partial charge in [0.15, 0.2) is 0 Å². The van der Waals surface area contributed by atoms with E-state index in [1.165, 1.54) is 4.53 Å². The highest BCUT2D eigenvalue weighted by atomic mass is 32.1. The minimum Gasteiger partial charge on any atom is -0.242 e. The van der Waals surface area contributed by atoms with Gasteiger partial charge in [0.1, 0.15) is 0 Å². The highest BCUT2D eigenvalue weighted by Gasteiger charge is 1.91. The van der Waals surface area contributed by atoms with E-state index in [0.717, 1.165) is 22.5 Å². The summed E-state index contributed by atoms with van der Waals surface area (Å²) in [7, 11) is 0. The zero-order chi connectivity index (χ0) is 8.97. The van der Waals surface area contributed by atoms with Crippen LogP contribution in [0, 0.1) is 6.92 Å². The summed E-state index contributed by atoms with van der Waals surface area (Å²) >= 11 is 5.90. The van der Waals surface area contributed by atoms with Gasteiger partial charge in [0.25, 0.3) is 0 Å². The van der Waals surface area contributed by atoms with Gasteiger partial charge >= 0.3 is 0 Å². The Morgan fingerprint density at radius 2 is 2.25 bits per heavy atom. The number of aromatic nitrogens is 1. The van der Waals surface area contributed by atoms with Gasteiger partial charge in [0.05, 0.1) is 14.9 Å². The van der Waals surface area contributed by atoms with Crippen molar-refractivity contribution in [1.82, 2.24) is 4.98 Å².